The molecule has 0 unspecified atom stereocenters. The maximum absolute atomic E-state index is 12.4. The van der Waals surface area contributed by atoms with Gasteiger partial charge in [-0.25, -0.2) is 9.98 Å². The summed E-state index contributed by atoms with van der Waals surface area (Å²) >= 11 is 5.76. The Hall–Kier alpha value is -3.20. The first-order chi connectivity index (χ1) is 12.2. The molecule has 0 fully saturated rings. The van der Waals surface area contributed by atoms with Gasteiger partial charge < -0.3 is 32.2 Å². The Morgan fingerprint density at radius 1 is 1.42 bits per heavy atom. The third kappa shape index (κ3) is 4.06. The molecule has 8 N–H and O–H groups in total. The van der Waals surface area contributed by atoms with E-state index in [1.54, 1.807) is 18.2 Å². The fraction of sp³-hybridized carbons (Fsp3) is 0.188. The molecule has 0 aliphatic carbocycles. The molecule has 10 heteroatoms. The van der Waals surface area contributed by atoms with Crippen molar-refractivity contribution in [1.29, 1.82) is 0 Å². The van der Waals surface area contributed by atoms with Crippen molar-refractivity contribution in [3.8, 4) is 5.75 Å². The summed E-state index contributed by atoms with van der Waals surface area (Å²) in [6, 6.07) is 4.86. The first kappa shape index (κ1) is 19.1. The van der Waals surface area contributed by atoms with Crippen molar-refractivity contribution < 1.29 is 9.90 Å². The number of nitrogens with one attached hydrogen (secondary N) is 1. The molecule has 0 spiro atoms. The van der Waals surface area contributed by atoms with Crippen molar-refractivity contribution in [2.75, 3.05) is 0 Å². The topological polar surface area (TPSA) is 158 Å². The zero-order chi connectivity index (χ0) is 19.4. The Bertz CT molecular complexity index is 926. The number of aliphatic imine (C=N–C) groups is 1. The second-order valence-corrected chi connectivity index (χ2v) is 5.72. The van der Waals surface area contributed by atoms with Gasteiger partial charge in [0.1, 0.15) is 17.4 Å². The Balaban J connectivity index is 2.27. The molecule has 2 rings (SSSR count). The van der Waals surface area contributed by atoms with Gasteiger partial charge >= 0.3 is 0 Å². The predicted molar refractivity (Wildman–Crippen MR) is 101 cm³/mol. The molecule has 1 aromatic heterocycles. The molecule has 0 aliphatic heterocycles. The monoisotopic (exact) mass is 377 g/mol. The number of aromatic nitrogens is 2. The fourth-order valence-electron chi connectivity index (χ4n) is 2.32. The van der Waals surface area contributed by atoms with Crippen LogP contribution in [0.2, 0.25) is 0 Å². The van der Waals surface area contributed by atoms with Crippen LogP contribution in [0.25, 0.3) is 11.0 Å². The number of hydrogen-bond donors (Lipinski definition) is 5. The highest BCUT2D eigenvalue weighted by Gasteiger charge is 2.16. The van der Waals surface area contributed by atoms with E-state index in [2.05, 4.69) is 21.9 Å². The number of benzene rings is 1. The molecule has 1 heterocycles. The number of rotatable bonds is 6. The highest BCUT2D eigenvalue weighted by atomic mass is 35.5. The summed E-state index contributed by atoms with van der Waals surface area (Å²) in [5, 5.41) is 12.1. The van der Waals surface area contributed by atoms with E-state index in [9.17, 15) is 9.90 Å². The van der Waals surface area contributed by atoms with Crippen molar-refractivity contribution in [2.24, 2.45) is 22.2 Å². The number of phenols is 1. The van der Waals surface area contributed by atoms with Crippen LogP contribution < -0.4 is 22.5 Å². The average molecular weight is 378 g/mol. The molecule has 1 aromatic carbocycles. The lowest BCUT2D eigenvalue weighted by atomic mass is 10.3. The smallest absolute Gasteiger partial charge is 0.272 e. The van der Waals surface area contributed by atoms with Gasteiger partial charge in [-0.2, -0.15) is 0 Å². The Labute approximate surface area is 154 Å². The number of nitrogens with zero attached hydrogens (tertiary/aromatic N) is 3. The van der Waals surface area contributed by atoms with Crippen molar-refractivity contribution in [3.05, 3.63) is 47.3 Å². The van der Waals surface area contributed by atoms with E-state index < -0.39 is 5.91 Å². The second kappa shape index (κ2) is 7.79. The number of nitrogens with two attached hydrogens (primary N) is 3. The van der Waals surface area contributed by atoms with Gasteiger partial charge in [-0.3, -0.25) is 4.79 Å². The van der Waals surface area contributed by atoms with E-state index in [-0.39, 0.29) is 34.7 Å². The van der Waals surface area contributed by atoms with Crippen LogP contribution in [0.5, 0.6) is 5.75 Å². The minimum atomic E-state index is -0.602. The molecule has 0 saturated heterocycles. The minimum absolute atomic E-state index is 0.0872. The van der Waals surface area contributed by atoms with Crippen LogP contribution in [0.4, 0.5) is 0 Å². The number of amides is 1. The fourth-order valence-corrected chi connectivity index (χ4v) is 2.41. The molecular formula is C16H20ClN7O2. The van der Waals surface area contributed by atoms with Gasteiger partial charge in [0, 0.05) is 12.6 Å². The van der Waals surface area contributed by atoms with Crippen molar-refractivity contribution >= 4 is 34.3 Å². The van der Waals surface area contributed by atoms with Crippen molar-refractivity contribution in [2.45, 2.75) is 20.0 Å². The zero-order valence-corrected chi connectivity index (χ0v) is 14.9. The lowest BCUT2D eigenvalue weighted by molar-refractivity contribution is -0.114. The summed E-state index contributed by atoms with van der Waals surface area (Å²) in [6.45, 7) is 6.14. The lowest BCUT2D eigenvalue weighted by Gasteiger charge is -2.09. The van der Waals surface area contributed by atoms with Crippen LogP contribution in [0.15, 0.2) is 46.4 Å². The maximum Gasteiger partial charge on any atom is 0.272 e. The van der Waals surface area contributed by atoms with Crippen LogP contribution in [-0.4, -0.2) is 26.3 Å². The maximum atomic E-state index is 12.4. The standard InChI is InChI=1S/C16H20ClN7O2/c1-3-24-11-6-9(25)4-5-10(11)22-12(24)7-21-16(26)13(8(2)18)23-14(17)15(19)20/h4-6,25H,2-3,7,18-20H2,1H3,(H,21,26)/b23-13+. The summed E-state index contributed by atoms with van der Waals surface area (Å²) < 4.78 is 1.87. The van der Waals surface area contributed by atoms with Crippen LogP contribution in [0.1, 0.15) is 12.7 Å². The third-order valence-electron chi connectivity index (χ3n) is 3.50. The molecule has 1 amide bonds. The van der Waals surface area contributed by atoms with E-state index in [4.69, 9.17) is 28.8 Å². The third-order valence-corrected chi connectivity index (χ3v) is 3.80. The first-order valence-electron chi connectivity index (χ1n) is 7.65. The molecule has 9 nitrogen and oxygen atoms in total. The van der Waals surface area contributed by atoms with E-state index in [1.165, 1.54) is 0 Å². The van der Waals surface area contributed by atoms with E-state index in [1.807, 2.05) is 11.5 Å². The Morgan fingerprint density at radius 3 is 2.69 bits per heavy atom. The van der Waals surface area contributed by atoms with E-state index >= 15 is 0 Å². The van der Waals surface area contributed by atoms with Crippen LogP contribution in [0.3, 0.4) is 0 Å². The molecule has 0 aliphatic rings. The second-order valence-electron chi connectivity index (χ2n) is 5.36. The lowest BCUT2D eigenvalue weighted by Crippen LogP contribution is -2.34. The van der Waals surface area contributed by atoms with Gasteiger partial charge in [-0.05, 0) is 19.1 Å². The van der Waals surface area contributed by atoms with Crippen LogP contribution >= 0.6 is 11.6 Å². The highest BCUT2D eigenvalue weighted by Crippen LogP contribution is 2.21. The molecule has 26 heavy (non-hydrogen) atoms. The van der Waals surface area contributed by atoms with Gasteiger partial charge in [0.15, 0.2) is 10.9 Å². The number of halogens is 1. The molecule has 0 atom stereocenters. The van der Waals surface area contributed by atoms with Crippen molar-refractivity contribution in [3.63, 3.8) is 0 Å². The molecule has 138 valence electrons. The van der Waals surface area contributed by atoms with Gasteiger partial charge in [0.05, 0.1) is 23.3 Å². The molecule has 2 aromatic rings. The highest BCUT2D eigenvalue weighted by molar-refractivity contribution is 6.46. The van der Waals surface area contributed by atoms with Gasteiger partial charge in [-0.15, -0.1) is 0 Å². The summed E-state index contributed by atoms with van der Waals surface area (Å²) in [4.78, 5) is 20.6. The number of aryl methyl sites for hydroxylation is 1. The number of carbonyl (C=O) groups excluding carboxylic acids is 1. The SMILES string of the molecule is C=C(N)/C(=N\C(Cl)=C(N)N)C(=O)NCc1nc2ccc(O)cc2n1CC. The first-order valence-corrected chi connectivity index (χ1v) is 8.02. The molecule has 0 saturated carbocycles. The normalized spacial score (nSPS) is 11.4. The summed E-state index contributed by atoms with van der Waals surface area (Å²) in [5.41, 5.74) is 17.4. The summed E-state index contributed by atoms with van der Waals surface area (Å²) in [6.07, 6.45) is 0. The van der Waals surface area contributed by atoms with Crippen LogP contribution in [0, 0.1) is 0 Å². The van der Waals surface area contributed by atoms with Gasteiger partial charge in [-0.1, -0.05) is 18.2 Å². The van der Waals surface area contributed by atoms with Gasteiger partial charge in [0.2, 0.25) is 0 Å². The Kier molecular flexibility index (Phi) is 5.73. The minimum Gasteiger partial charge on any atom is -0.508 e. The summed E-state index contributed by atoms with van der Waals surface area (Å²) in [7, 11) is 0. The zero-order valence-electron chi connectivity index (χ0n) is 14.2. The summed E-state index contributed by atoms with van der Waals surface area (Å²) in [5.74, 6) is -0.110. The number of carbonyl (C=O) groups is 1. The number of phenolic OH excluding ortho intramolecular Hbond substituents is 1. The van der Waals surface area contributed by atoms with E-state index in [0.717, 1.165) is 5.52 Å². The molecular weight excluding hydrogens is 358 g/mol. The Morgan fingerprint density at radius 2 is 2.12 bits per heavy atom. The molecule has 0 bridgehead atoms. The number of imidazole rings is 1. The van der Waals surface area contributed by atoms with Crippen LogP contribution in [-0.2, 0) is 17.9 Å². The van der Waals surface area contributed by atoms with Gasteiger partial charge in [0.25, 0.3) is 5.91 Å². The molecule has 0 radical (unpaired) electrons. The predicted octanol–water partition coefficient (Wildman–Crippen LogP) is 0.574. The number of hydrogen-bond acceptors (Lipinski definition) is 7. The largest absolute Gasteiger partial charge is 0.508 e. The average Bonchev–Trinajstić information content (AvgIpc) is 2.93. The van der Waals surface area contributed by atoms with Crippen molar-refractivity contribution in [1.82, 2.24) is 14.9 Å². The number of fused-ring (bicyclic) bond motifs is 1. The van der Waals surface area contributed by atoms with E-state index in [0.29, 0.717) is 17.9 Å². The quantitative estimate of drug-likeness (QED) is 0.366. The number of aromatic hydroxyl groups is 1.